The van der Waals surface area contributed by atoms with Crippen molar-refractivity contribution in [2.24, 2.45) is 5.73 Å². The van der Waals surface area contributed by atoms with Crippen LogP contribution in [0.3, 0.4) is 0 Å². The predicted octanol–water partition coefficient (Wildman–Crippen LogP) is -1.45. The van der Waals surface area contributed by atoms with E-state index in [9.17, 15) is 13.2 Å². The molecule has 0 spiro atoms. The van der Waals surface area contributed by atoms with Crippen molar-refractivity contribution in [3.63, 3.8) is 0 Å². The van der Waals surface area contributed by atoms with E-state index < -0.39 is 22.0 Å². The van der Waals surface area contributed by atoms with Crippen molar-refractivity contribution in [1.82, 2.24) is 4.72 Å². The molecule has 3 N–H and O–H groups in total. The molecule has 1 heterocycles. The van der Waals surface area contributed by atoms with E-state index in [1.54, 1.807) is 0 Å². The molecule has 1 fully saturated rings. The Labute approximate surface area is 65.0 Å². The van der Waals surface area contributed by atoms with Crippen molar-refractivity contribution in [3.8, 4) is 0 Å². The summed E-state index contributed by atoms with van der Waals surface area (Å²) in [7, 11) is -3.23. The highest BCUT2D eigenvalue weighted by Gasteiger charge is 2.26. The van der Waals surface area contributed by atoms with E-state index in [4.69, 9.17) is 5.73 Å². The second-order valence-electron chi connectivity index (χ2n) is 2.53. The molecule has 0 saturated carbocycles. The van der Waals surface area contributed by atoms with Gasteiger partial charge in [0.1, 0.15) is 6.04 Å². The standard InChI is InChI=1S/C5H10N2O3S/c6-5(8)4-2-1-3-11(9,10)7-4/h4,7H,1-3H2,(H2,6,8). The molecule has 1 rings (SSSR count). The van der Waals surface area contributed by atoms with Gasteiger partial charge in [0.05, 0.1) is 5.75 Å². The molecule has 11 heavy (non-hydrogen) atoms. The molecule has 0 aromatic rings. The summed E-state index contributed by atoms with van der Waals surface area (Å²) in [5.41, 5.74) is 4.92. The van der Waals surface area contributed by atoms with Gasteiger partial charge < -0.3 is 5.73 Å². The quantitative estimate of drug-likeness (QED) is 0.515. The average molecular weight is 178 g/mol. The highest BCUT2D eigenvalue weighted by atomic mass is 32.2. The number of sulfonamides is 1. The zero-order chi connectivity index (χ0) is 8.48. The van der Waals surface area contributed by atoms with Crippen LogP contribution in [-0.4, -0.2) is 26.1 Å². The van der Waals surface area contributed by atoms with Gasteiger partial charge in [0.2, 0.25) is 15.9 Å². The molecule has 1 amide bonds. The molecule has 0 aromatic carbocycles. The fourth-order valence-electron chi connectivity index (χ4n) is 1.01. The predicted molar refractivity (Wildman–Crippen MR) is 39.1 cm³/mol. The van der Waals surface area contributed by atoms with Crippen LogP contribution in [0.4, 0.5) is 0 Å². The van der Waals surface area contributed by atoms with Crippen molar-refractivity contribution in [2.45, 2.75) is 18.9 Å². The largest absolute Gasteiger partial charge is 0.368 e. The number of hydrogen-bond acceptors (Lipinski definition) is 3. The number of rotatable bonds is 1. The number of hydrogen-bond donors (Lipinski definition) is 2. The van der Waals surface area contributed by atoms with Gasteiger partial charge in [-0.3, -0.25) is 4.79 Å². The number of carbonyl (C=O) groups is 1. The van der Waals surface area contributed by atoms with Crippen LogP contribution in [0.15, 0.2) is 0 Å². The Morgan fingerprint density at radius 2 is 2.18 bits per heavy atom. The Balaban J connectivity index is 2.68. The summed E-state index contributed by atoms with van der Waals surface area (Å²) >= 11 is 0. The fraction of sp³-hybridized carbons (Fsp3) is 0.800. The third kappa shape index (κ3) is 2.16. The smallest absolute Gasteiger partial charge is 0.235 e. The van der Waals surface area contributed by atoms with Gasteiger partial charge in [-0.25, -0.2) is 13.1 Å². The first kappa shape index (κ1) is 8.48. The second-order valence-corrected chi connectivity index (χ2v) is 4.41. The molecule has 1 atom stereocenters. The Kier molecular flexibility index (Phi) is 2.15. The maximum Gasteiger partial charge on any atom is 0.235 e. The van der Waals surface area contributed by atoms with Gasteiger partial charge in [-0.2, -0.15) is 0 Å². The summed E-state index contributed by atoms with van der Waals surface area (Å²) in [5, 5.41) is 0. The topological polar surface area (TPSA) is 89.3 Å². The molecular weight excluding hydrogens is 168 g/mol. The molecule has 0 bridgehead atoms. The maximum absolute atomic E-state index is 10.8. The van der Waals surface area contributed by atoms with Crippen LogP contribution in [0.1, 0.15) is 12.8 Å². The van der Waals surface area contributed by atoms with Crippen molar-refractivity contribution in [1.29, 1.82) is 0 Å². The second kappa shape index (κ2) is 2.78. The molecule has 1 aliphatic rings. The van der Waals surface area contributed by atoms with Gasteiger partial charge in [-0.1, -0.05) is 0 Å². The van der Waals surface area contributed by atoms with Crippen LogP contribution in [0.5, 0.6) is 0 Å². The Hall–Kier alpha value is -0.620. The van der Waals surface area contributed by atoms with Crippen LogP contribution in [0.25, 0.3) is 0 Å². The zero-order valence-corrected chi connectivity index (χ0v) is 6.73. The Morgan fingerprint density at radius 3 is 2.55 bits per heavy atom. The fourth-order valence-corrected chi connectivity index (χ4v) is 2.34. The molecule has 0 aromatic heterocycles. The monoisotopic (exact) mass is 178 g/mol. The highest BCUT2D eigenvalue weighted by molar-refractivity contribution is 7.89. The van der Waals surface area contributed by atoms with E-state index in [-0.39, 0.29) is 5.75 Å². The first-order valence-corrected chi connectivity index (χ1v) is 4.96. The average Bonchev–Trinajstić information content (AvgIpc) is 1.85. The Bertz CT molecular complexity index is 259. The minimum atomic E-state index is -3.23. The SMILES string of the molecule is NC(=O)C1CCCS(=O)(=O)N1. The molecule has 6 heteroatoms. The maximum atomic E-state index is 10.8. The number of nitrogens with two attached hydrogens (primary N) is 1. The lowest BCUT2D eigenvalue weighted by atomic mass is 10.2. The molecule has 5 nitrogen and oxygen atoms in total. The van der Waals surface area contributed by atoms with Crippen molar-refractivity contribution in [2.75, 3.05) is 5.75 Å². The van der Waals surface area contributed by atoms with Crippen molar-refractivity contribution in [3.05, 3.63) is 0 Å². The lowest BCUT2D eigenvalue weighted by Crippen LogP contribution is -2.48. The third-order valence-electron chi connectivity index (χ3n) is 1.57. The lowest BCUT2D eigenvalue weighted by Gasteiger charge is -2.19. The summed E-state index contributed by atoms with van der Waals surface area (Å²) < 4.78 is 23.9. The van der Waals surface area contributed by atoms with Crippen molar-refractivity contribution >= 4 is 15.9 Å². The van der Waals surface area contributed by atoms with E-state index >= 15 is 0 Å². The van der Waals surface area contributed by atoms with Crippen LogP contribution in [0, 0.1) is 0 Å². The first-order valence-electron chi connectivity index (χ1n) is 3.30. The minimum absolute atomic E-state index is 0.0940. The van der Waals surface area contributed by atoms with Gasteiger partial charge in [0.15, 0.2) is 0 Å². The molecular formula is C5H10N2O3S. The zero-order valence-electron chi connectivity index (χ0n) is 5.91. The molecule has 1 unspecified atom stereocenters. The summed E-state index contributed by atoms with van der Waals surface area (Å²) in [6.07, 6.45) is 1.01. The number of amides is 1. The molecule has 1 aliphatic heterocycles. The van der Waals surface area contributed by atoms with E-state index in [0.717, 1.165) is 0 Å². The van der Waals surface area contributed by atoms with Crippen LogP contribution >= 0.6 is 0 Å². The van der Waals surface area contributed by atoms with Gasteiger partial charge in [-0.05, 0) is 12.8 Å². The third-order valence-corrected chi connectivity index (χ3v) is 3.04. The normalized spacial score (nSPS) is 29.6. The van der Waals surface area contributed by atoms with Crippen LogP contribution in [0.2, 0.25) is 0 Å². The molecule has 64 valence electrons. The highest BCUT2D eigenvalue weighted by Crippen LogP contribution is 2.07. The van der Waals surface area contributed by atoms with E-state index in [2.05, 4.69) is 4.72 Å². The summed E-state index contributed by atoms with van der Waals surface area (Å²) in [6.45, 7) is 0. The summed E-state index contributed by atoms with van der Waals surface area (Å²) in [5.74, 6) is -0.509. The molecule has 0 aliphatic carbocycles. The Morgan fingerprint density at radius 1 is 1.55 bits per heavy atom. The van der Waals surface area contributed by atoms with Gasteiger partial charge >= 0.3 is 0 Å². The van der Waals surface area contributed by atoms with Crippen LogP contribution in [-0.2, 0) is 14.8 Å². The minimum Gasteiger partial charge on any atom is -0.368 e. The summed E-state index contributed by atoms with van der Waals surface area (Å²) in [6, 6.07) is -0.700. The molecule has 0 radical (unpaired) electrons. The van der Waals surface area contributed by atoms with Crippen LogP contribution < -0.4 is 10.5 Å². The van der Waals surface area contributed by atoms with Gasteiger partial charge in [0.25, 0.3) is 0 Å². The lowest BCUT2D eigenvalue weighted by molar-refractivity contribution is -0.119. The van der Waals surface area contributed by atoms with E-state index in [0.29, 0.717) is 12.8 Å². The first-order chi connectivity index (χ1) is 5.01. The van der Waals surface area contributed by atoms with Gasteiger partial charge in [0, 0.05) is 0 Å². The van der Waals surface area contributed by atoms with Gasteiger partial charge in [-0.15, -0.1) is 0 Å². The molecule has 1 saturated heterocycles. The summed E-state index contributed by atoms with van der Waals surface area (Å²) in [4.78, 5) is 10.5. The van der Waals surface area contributed by atoms with Crippen molar-refractivity contribution < 1.29 is 13.2 Å². The number of nitrogens with one attached hydrogen (secondary N) is 1. The van der Waals surface area contributed by atoms with E-state index in [1.807, 2.05) is 0 Å². The van der Waals surface area contributed by atoms with E-state index in [1.165, 1.54) is 0 Å². The number of carbonyl (C=O) groups excluding carboxylic acids is 1. The number of primary amides is 1.